The smallest absolute Gasteiger partial charge is 0.255 e. The standard InChI is InChI=1S/C21H19ClN2O3/c1-13-8-9-18(20(25)23-13)24-11-17-16(21(24)26)6-3-7-19(17)27-12-14-4-2-5-15(22)10-14/h2-7,10,18H,1,8-9,11-12H2,(H,23,25). The summed E-state index contributed by atoms with van der Waals surface area (Å²) in [5.41, 5.74) is 3.06. The number of piperidine rings is 1. The highest BCUT2D eigenvalue weighted by molar-refractivity contribution is 6.30. The fourth-order valence-electron chi connectivity index (χ4n) is 3.56. The first-order valence-corrected chi connectivity index (χ1v) is 9.19. The molecule has 1 N–H and O–H groups in total. The lowest BCUT2D eigenvalue weighted by Gasteiger charge is -2.31. The van der Waals surface area contributed by atoms with Crippen LogP contribution in [0.4, 0.5) is 0 Å². The van der Waals surface area contributed by atoms with Gasteiger partial charge >= 0.3 is 0 Å². The summed E-state index contributed by atoms with van der Waals surface area (Å²) in [4.78, 5) is 26.8. The van der Waals surface area contributed by atoms with E-state index in [9.17, 15) is 9.59 Å². The first-order chi connectivity index (χ1) is 13.0. The van der Waals surface area contributed by atoms with Gasteiger partial charge in [0.2, 0.25) is 5.91 Å². The summed E-state index contributed by atoms with van der Waals surface area (Å²) in [6.07, 6.45) is 1.26. The van der Waals surface area contributed by atoms with Crippen LogP contribution in [0.15, 0.2) is 54.7 Å². The summed E-state index contributed by atoms with van der Waals surface area (Å²) in [5.74, 6) is 0.351. The molecule has 2 aromatic rings. The third kappa shape index (κ3) is 3.43. The molecule has 138 valence electrons. The van der Waals surface area contributed by atoms with Crippen LogP contribution in [-0.4, -0.2) is 22.8 Å². The van der Waals surface area contributed by atoms with Crippen LogP contribution in [0, 0.1) is 0 Å². The van der Waals surface area contributed by atoms with Crippen molar-refractivity contribution in [3.63, 3.8) is 0 Å². The number of hydrogen-bond donors (Lipinski definition) is 1. The third-order valence-corrected chi connectivity index (χ3v) is 5.17. The fraction of sp³-hybridized carbons (Fsp3) is 0.238. The minimum absolute atomic E-state index is 0.133. The number of halogens is 1. The zero-order valence-electron chi connectivity index (χ0n) is 14.7. The van der Waals surface area contributed by atoms with Gasteiger partial charge in [-0.25, -0.2) is 0 Å². The predicted molar refractivity (Wildman–Crippen MR) is 102 cm³/mol. The summed E-state index contributed by atoms with van der Waals surface area (Å²) < 4.78 is 5.97. The largest absolute Gasteiger partial charge is 0.489 e. The van der Waals surface area contributed by atoms with Gasteiger partial charge in [-0.2, -0.15) is 0 Å². The summed E-state index contributed by atoms with van der Waals surface area (Å²) in [5, 5.41) is 3.40. The summed E-state index contributed by atoms with van der Waals surface area (Å²) in [6, 6.07) is 12.4. The molecular formula is C21H19ClN2O3. The molecule has 2 aromatic carbocycles. The minimum atomic E-state index is -0.476. The van der Waals surface area contributed by atoms with Crippen molar-refractivity contribution in [2.45, 2.75) is 32.0 Å². The van der Waals surface area contributed by atoms with Crippen molar-refractivity contribution in [2.75, 3.05) is 0 Å². The number of allylic oxidation sites excluding steroid dienone is 1. The maximum atomic E-state index is 12.8. The Morgan fingerprint density at radius 3 is 2.81 bits per heavy atom. The molecule has 0 aromatic heterocycles. The third-order valence-electron chi connectivity index (χ3n) is 4.93. The van der Waals surface area contributed by atoms with Gasteiger partial charge in [-0.15, -0.1) is 0 Å². The lowest BCUT2D eigenvalue weighted by Crippen LogP contribution is -2.49. The lowest BCUT2D eigenvalue weighted by molar-refractivity contribution is -0.126. The average Bonchev–Trinajstić information content (AvgIpc) is 2.97. The van der Waals surface area contributed by atoms with Crippen LogP contribution in [-0.2, 0) is 17.9 Å². The van der Waals surface area contributed by atoms with Gasteiger partial charge in [0, 0.05) is 21.8 Å². The van der Waals surface area contributed by atoms with Crippen LogP contribution in [0.5, 0.6) is 5.75 Å². The van der Waals surface area contributed by atoms with Crippen LogP contribution in [0.3, 0.4) is 0 Å². The molecule has 1 unspecified atom stereocenters. The van der Waals surface area contributed by atoms with E-state index >= 15 is 0 Å². The van der Waals surface area contributed by atoms with E-state index in [4.69, 9.17) is 16.3 Å². The van der Waals surface area contributed by atoms with Gasteiger partial charge in [0.25, 0.3) is 5.91 Å². The molecule has 0 aliphatic carbocycles. The number of fused-ring (bicyclic) bond motifs is 1. The molecule has 0 bridgehead atoms. The SMILES string of the molecule is C=C1CCC(N2Cc3c(OCc4cccc(Cl)c4)cccc3C2=O)C(=O)N1. The lowest BCUT2D eigenvalue weighted by atomic mass is 10.0. The second-order valence-corrected chi connectivity index (χ2v) is 7.22. The molecule has 27 heavy (non-hydrogen) atoms. The van der Waals surface area contributed by atoms with E-state index in [1.54, 1.807) is 17.0 Å². The zero-order valence-corrected chi connectivity index (χ0v) is 15.5. The maximum Gasteiger partial charge on any atom is 0.255 e. The number of rotatable bonds is 4. The molecule has 2 amide bonds. The Hall–Kier alpha value is -2.79. The highest BCUT2D eigenvalue weighted by Crippen LogP contribution is 2.34. The Morgan fingerprint density at radius 1 is 1.22 bits per heavy atom. The van der Waals surface area contributed by atoms with Gasteiger partial charge < -0.3 is 15.0 Å². The van der Waals surface area contributed by atoms with E-state index in [-0.39, 0.29) is 11.8 Å². The number of amides is 2. The zero-order chi connectivity index (χ0) is 19.0. The van der Waals surface area contributed by atoms with Crippen LogP contribution in [0.2, 0.25) is 5.02 Å². The molecule has 2 aliphatic rings. The predicted octanol–water partition coefficient (Wildman–Crippen LogP) is 3.67. The molecule has 4 rings (SSSR count). The Morgan fingerprint density at radius 2 is 2.04 bits per heavy atom. The molecule has 1 fully saturated rings. The van der Waals surface area contributed by atoms with Crippen molar-refractivity contribution >= 4 is 23.4 Å². The summed E-state index contributed by atoms with van der Waals surface area (Å²) in [6.45, 7) is 4.51. The minimum Gasteiger partial charge on any atom is -0.489 e. The van der Waals surface area contributed by atoms with Crippen molar-refractivity contribution in [2.24, 2.45) is 0 Å². The molecule has 5 nitrogen and oxygen atoms in total. The van der Waals surface area contributed by atoms with Gasteiger partial charge in [0.1, 0.15) is 18.4 Å². The number of nitrogens with one attached hydrogen (secondary N) is 1. The maximum absolute atomic E-state index is 12.8. The normalized spacial score (nSPS) is 19.1. The van der Waals surface area contributed by atoms with Crippen LogP contribution < -0.4 is 10.1 Å². The number of hydrogen-bond acceptors (Lipinski definition) is 3. The van der Waals surface area contributed by atoms with Gasteiger partial charge in [0.15, 0.2) is 0 Å². The Labute approximate surface area is 162 Å². The van der Waals surface area contributed by atoms with Gasteiger partial charge in [-0.3, -0.25) is 9.59 Å². The number of benzene rings is 2. The van der Waals surface area contributed by atoms with Crippen molar-refractivity contribution in [3.8, 4) is 5.75 Å². The monoisotopic (exact) mass is 382 g/mol. The second-order valence-electron chi connectivity index (χ2n) is 6.78. The number of nitrogens with zero attached hydrogens (tertiary/aromatic N) is 1. The average molecular weight is 383 g/mol. The summed E-state index contributed by atoms with van der Waals surface area (Å²) in [7, 11) is 0. The van der Waals surface area contributed by atoms with Crippen molar-refractivity contribution < 1.29 is 14.3 Å². The van der Waals surface area contributed by atoms with E-state index in [2.05, 4.69) is 11.9 Å². The van der Waals surface area contributed by atoms with Gasteiger partial charge in [0.05, 0.1) is 6.54 Å². The summed E-state index contributed by atoms with van der Waals surface area (Å²) >= 11 is 6.02. The van der Waals surface area contributed by atoms with Gasteiger partial charge in [-0.1, -0.05) is 36.4 Å². The molecule has 2 heterocycles. The van der Waals surface area contributed by atoms with Crippen LogP contribution >= 0.6 is 11.6 Å². The first-order valence-electron chi connectivity index (χ1n) is 8.81. The van der Waals surface area contributed by atoms with E-state index in [0.29, 0.717) is 48.0 Å². The molecule has 0 radical (unpaired) electrons. The van der Waals surface area contributed by atoms with E-state index in [1.165, 1.54) is 0 Å². The molecule has 1 saturated heterocycles. The number of ether oxygens (including phenoxy) is 1. The molecule has 0 saturated carbocycles. The second kappa shape index (κ2) is 7.08. The van der Waals surface area contributed by atoms with Gasteiger partial charge in [-0.05, 0) is 42.7 Å². The highest BCUT2D eigenvalue weighted by atomic mass is 35.5. The van der Waals surface area contributed by atoms with E-state index in [0.717, 1.165) is 11.1 Å². The fourth-order valence-corrected chi connectivity index (χ4v) is 3.77. The molecule has 0 spiro atoms. The number of carbonyl (C=O) groups is 2. The molecule has 6 heteroatoms. The topological polar surface area (TPSA) is 58.6 Å². The van der Waals surface area contributed by atoms with Crippen molar-refractivity contribution in [3.05, 3.63) is 76.5 Å². The Kier molecular flexibility index (Phi) is 4.62. The molecule has 2 aliphatic heterocycles. The Bertz CT molecular complexity index is 941. The molecular weight excluding hydrogens is 364 g/mol. The van der Waals surface area contributed by atoms with Crippen LogP contribution in [0.25, 0.3) is 0 Å². The van der Waals surface area contributed by atoms with Crippen LogP contribution in [0.1, 0.15) is 34.3 Å². The first kappa shape index (κ1) is 17.6. The Balaban J connectivity index is 1.54. The van der Waals surface area contributed by atoms with E-state index in [1.807, 2.05) is 30.3 Å². The number of carbonyl (C=O) groups excluding carboxylic acids is 2. The molecule has 1 atom stereocenters. The quantitative estimate of drug-likeness (QED) is 0.877. The van der Waals surface area contributed by atoms with E-state index < -0.39 is 6.04 Å². The highest BCUT2D eigenvalue weighted by Gasteiger charge is 2.39. The van der Waals surface area contributed by atoms with Crippen molar-refractivity contribution in [1.29, 1.82) is 0 Å². The van der Waals surface area contributed by atoms with Crippen molar-refractivity contribution in [1.82, 2.24) is 10.2 Å².